The summed E-state index contributed by atoms with van der Waals surface area (Å²) < 4.78 is 6.71. The molecule has 49 heavy (non-hydrogen) atoms. The highest BCUT2D eigenvalue weighted by atomic mass is 16.3. The van der Waals surface area contributed by atoms with Crippen LogP contribution >= 0.6 is 0 Å². The summed E-state index contributed by atoms with van der Waals surface area (Å²) in [6.45, 7) is 0. The highest BCUT2D eigenvalue weighted by Crippen LogP contribution is 2.44. The van der Waals surface area contributed by atoms with Gasteiger partial charge in [-0.25, -0.2) is 15.0 Å². The Bertz CT molecular complexity index is 2890. The Morgan fingerprint density at radius 1 is 0.408 bits per heavy atom. The summed E-state index contributed by atoms with van der Waals surface area (Å²) >= 11 is 0. The van der Waals surface area contributed by atoms with Gasteiger partial charge < -0.3 is 4.42 Å². The Morgan fingerprint density at radius 3 is 1.94 bits per heavy atom. The van der Waals surface area contributed by atoms with Crippen molar-refractivity contribution in [2.45, 2.75) is 0 Å². The number of furan rings is 1. The van der Waals surface area contributed by atoms with Crippen LogP contribution in [0.3, 0.4) is 0 Å². The first-order valence-electron chi connectivity index (χ1n) is 16.3. The predicted octanol–water partition coefficient (Wildman–Crippen LogP) is 11.3. The summed E-state index contributed by atoms with van der Waals surface area (Å²) in [6, 6.07) is 50.4. The number of hydrogen-bond acceptors (Lipinski definition) is 5. The van der Waals surface area contributed by atoms with E-state index >= 15 is 0 Å². The topological polar surface area (TPSA) is 64.7 Å². The lowest BCUT2D eigenvalue weighted by Crippen LogP contribution is -2.00. The van der Waals surface area contributed by atoms with E-state index in [1.165, 1.54) is 26.9 Å². The molecule has 0 saturated heterocycles. The van der Waals surface area contributed by atoms with E-state index in [-0.39, 0.29) is 0 Å². The van der Waals surface area contributed by atoms with Crippen LogP contribution in [0.5, 0.6) is 0 Å². The molecule has 5 nitrogen and oxygen atoms in total. The Balaban J connectivity index is 1.26. The molecule has 0 amide bonds. The van der Waals surface area contributed by atoms with E-state index in [1.54, 1.807) is 6.20 Å². The number of hydrogen-bond donors (Lipinski definition) is 0. The van der Waals surface area contributed by atoms with Crippen LogP contribution in [0.2, 0.25) is 0 Å². The van der Waals surface area contributed by atoms with Crippen molar-refractivity contribution in [3.8, 4) is 45.3 Å². The van der Waals surface area contributed by atoms with Crippen molar-refractivity contribution >= 4 is 54.3 Å². The van der Waals surface area contributed by atoms with Gasteiger partial charge in [-0.3, -0.25) is 4.98 Å². The smallest absolute Gasteiger partial charge is 0.164 e. The lowest BCUT2D eigenvalue weighted by molar-refractivity contribution is 0.668. The van der Waals surface area contributed by atoms with Gasteiger partial charge in [0.15, 0.2) is 23.1 Å². The molecule has 0 atom stereocenters. The molecule has 0 aliphatic carbocycles. The molecule has 5 heteroatoms. The van der Waals surface area contributed by atoms with Gasteiger partial charge in [0.2, 0.25) is 0 Å². The van der Waals surface area contributed by atoms with Crippen molar-refractivity contribution in [1.29, 1.82) is 0 Å². The first-order valence-corrected chi connectivity index (χ1v) is 16.3. The normalized spacial score (nSPS) is 11.7. The molecule has 3 aromatic heterocycles. The predicted molar refractivity (Wildman–Crippen MR) is 199 cm³/mol. The molecule has 0 aliphatic heterocycles. The average Bonchev–Trinajstić information content (AvgIpc) is 3.57. The largest absolute Gasteiger partial charge is 0.454 e. The van der Waals surface area contributed by atoms with Crippen LogP contribution in [0.1, 0.15) is 0 Å². The Kier molecular flexibility index (Phi) is 6.11. The highest BCUT2D eigenvalue weighted by molar-refractivity contribution is 6.20. The second-order valence-corrected chi connectivity index (χ2v) is 12.3. The zero-order valence-corrected chi connectivity index (χ0v) is 26.2. The molecule has 10 aromatic rings. The third-order valence-electron chi connectivity index (χ3n) is 9.40. The van der Waals surface area contributed by atoms with Gasteiger partial charge >= 0.3 is 0 Å². The van der Waals surface area contributed by atoms with E-state index in [9.17, 15) is 0 Å². The van der Waals surface area contributed by atoms with Crippen molar-refractivity contribution in [3.63, 3.8) is 0 Å². The molecule has 0 spiro atoms. The summed E-state index contributed by atoms with van der Waals surface area (Å²) in [5, 5.41) is 8.98. The summed E-state index contributed by atoms with van der Waals surface area (Å²) in [5.41, 5.74) is 6.31. The molecule has 0 saturated carbocycles. The van der Waals surface area contributed by atoms with Crippen molar-refractivity contribution < 1.29 is 4.42 Å². The number of pyridine rings is 1. The zero-order valence-electron chi connectivity index (χ0n) is 26.2. The lowest BCUT2D eigenvalue weighted by atomic mass is 9.91. The van der Waals surface area contributed by atoms with Gasteiger partial charge in [0.25, 0.3) is 0 Å². The van der Waals surface area contributed by atoms with Crippen LogP contribution in [0.25, 0.3) is 99.5 Å². The van der Waals surface area contributed by atoms with Crippen LogP contribution in [0.4, 0.5) is 0 Å². The molecular weight excluding hydrogens is 601 g/mol. The van der Waals surface area contributed by atoms with Crippen molar-refractivity contribution in [3.05, 3.63) is 158 Å². The minimum atomic E-state index is 0.580. The second kappa shape index (κ2) is 10.9. The van der Waals surface area contributed by atoms with Gasteiger partial charge in [-0.15, -0.1) is 0 Å². The fourth-order valence-corrected chi connectivity index (χ4v) is 7.08. The van der Waals surface area contributed by atoms with Crippen LogP contribution in [-0.2, 0) is 0 Å². The van der Waals surface area contributed by atoms with Gasteiger partial charge in [-0.05, 0) is 68.2 Å². The zero-order chi connectivity index (χ0) is 32.3. The Hall–Kier alpha value is -6.72. The number of rotatable bonds is 4. The molecule has 7 aromatic carbocycles. The highest BCUT2D eigenvalue weighted by Gasteiger charge is 2.22. The maximum absolute atomic E-state index is 6.71. The quantitative estimate of drug-likeness (QED) is 0.182. The molecule has 0 aliphatic rings. The van der Waals surface area contributed by atoms with E-state index in [4.69, 9.17) is 19.4 Å². The van der Waals surface area contributed by atoms with Crippen LogP contribution in [-0.4, -0.2) is 19.9 Å². The molecule has 228 valence electrons. The van der Waals surface area contributed by atoms with E-state index in [1.807, 2.05) is 42.6 Å². The lowest BCUT2D eigenvalue weighted by Gasteiger charge is -2.13. The van der Waals surface area contributed by atoms with Crippen molar-refractivity contribution in [1.82, 2.24) is 19.9 Å². The molecule has 0 radical (unpaired) electrons. The van der Waals surface area contributed by atoms with E-state index in [0.717, 1.165) is 49.6 Å². The number of nitrogens with zero attached hydrogens (tertiary/aromatic N) is 4. The van der Waals surface area contributed by atoms with Crippen LogP contribution in [0.15, 0.2) is 162 Å². The van der Waals surface area contributed by atoms with E-state index in [0.29, 0.717) is 23.1 Å². The van der Waals surface area contributed by atoms with Crippen LogP contribution in [0, 0.1) is 0 Å². The summed E-state index contributed by atoms with van der Waals surface area (Å²) in [7, 11) is 0. The maximum atomic E-state index is 6.71. The molecule has 0 bridgehead atoms. The van der Waals surface area contributed by atoms with Crippen molar-refractivity contribution in [2.75, 3.05) is 0 Å². The van der Waals surface area contributed by atoms with E-state index < -0.39 is 0 Å². The summed E-state index contributed by atoms with van der Waals surface area (Å²) in [6.07, 6.45) is 3.59. The average molecular weight is 627 g/mol. The Morgan fingerprint density at radius 2 is 1.08 bits per heavy atom. The standard InChI is InChI=1S/C44H26N4O/c1-2-11-28(12-3-1)42-46-43(31-19-18-27-10-4-5-13-29(27)24-31)48-44(47-42)37-21-20-35(41-40(37)36-22-23-45-26-39(36)49-41)38-25-30-14-6-7-15-32(30)33-16-8-9-17-34(33)38/h1-26H. The number of benzene rings is 7. The molecule has 0 unspecified atom stereocenters. The molecule has 0 fully saturated rings. The van der Waals surface area contributed by atoms with Gasteiger partial charge in [-0.2, -0.15) is 0 Å². The molecule has 3 heterocycles. The third kappa shape index (κ3) is 4.48. The first-order chi connectivity index (χ1) is 24.3. The van der Waals surface area contributed by atoms with Gasteiger partial charge in [-0.1, -0.05) is 115 Å². The van der Waals surface area contributed by atoms with E-state index in [2.05, 4.69) is 114 Å². The Labute approximate surface area is 281 Å². The minimum Gasteiger partial charge on any atom is -0.454 e. The van der Waals surface area contributed by atoms with Gasteiger partial charge in [0.1, 0.15) is 5.58 Å². The van der Waals surface area contributed by atoms with Crippen LogP contribution < -0.4 is 0 Å². The molecule has 0 N–H and O–H groups in total. The number of fused-ring (bicyclic) bond motifs is 7. The maximum Gasteiger partial charge on any atom is 0.164 e. The monoisotopic (exact) mass is 626 g/mol. The second-order valence-electron chi connectivity index (χ2n) is 12.3. The molecular formula is C44H26N4O. The third-order valence-corrected chi connectivity index (χ3v) is 9.40. The summed E-state index contributed by atoms with van der Waals surface area (Å²) in [5.74, 6) is 1.80. The van der Waals surface area contributed by atoms with Crippen molar-refractivity contribution in [2.24, 2.45) is 0 Å². The number of aromatic nitrogens is 4. The summed E-state index contributed by atoms with van der Waals surface area (Å²) in [4.78, 5) is 19.7. The minimum absolute atomic E-state index is 0.580. The van der Waals surface area contributed by atoms with Gasteiger partial charge in [0, 0.05) is 39.2 Å². The fourth-order valence-electron chi connectivity index (χ4n) is 7.08. The SMILES string of the molecule is c1ccc(-c2nc(-c3ccc4ccccc4c3)nc(-c3ccc(-c4cc5ccccc5c5ccccc45)c4oc5cnccc5c34)n2)cc1. The molecule has 10 rings (SSSR count). The van der Waals surface area contributed by atoms with Gasteiger partial charge in [0.05, 0.1) is 6.20 Å². The first kappa shape index (κ1) is 27.4. The fraction of sp³-hybridized carbons (Fsp3) is 0.